The molecular weight excluding hydrogens is 405 g/mol. The maximum absolute atomic E-state index is 13.7. The van der Waals surface area contributed by atoms with E-state index in [0.29, 0.717) is 5.56 Å². The molecule has 180 valence electrons. The molecule has 32 heavy (non-hydrogen) atoms. The molecule has 1 aromatic carbocycles. The Morgan fingerprint density at radius 1 is 0.656 bits per heavy atom. The molecule has 0 nitrogen and oxygen atoms in total. The number of halogens is 3. The van der Waals surface area contributed by atoms with Crippen molar-refractivity contribution in [3.63, 3.8) is 0 Å². The molecule has 3 aliphatic carbocycles. The largest absolute Gasteiger partial charge is 0.204 e. The highest BCUT2D eigenvalue weighted by Crippen LogP contribution is 2.50. The molecule has 4 atom stereocenters. The fraction of sp³-hybridized carbons (Fsp3) is 0.793. The van der Waals surface area contributed by atoms with Crippen LogP contribution in [0.2, 0.25) is 0 Å². The van der Waals surface area contributed by atoms with E-state index in [1.54, 1.807) is 0 Å². The number of fused-ring (bicyclic) bond motifs is 1. The number of unbranched alkanes of at least 4 members (excludes halogenated alkanes) is 4. The molecule has 0 spiro atoms. The zero-order valence-electron chi connectivity index (χ0n) is 20.1. The van der Waals surface area contributed by atoms with Crippen LogP contribution in [-0.4, -0.2) is 0 Å². The monoisotopic (exact) mass is 448 g/mol. The fourth-order valence-corrected chi connectivity index (χ4v) is 7.48. The van der Waals surface area contributed by atoms with Crippen molar-refractivity contribution in [2.45, 2.75) is 116 Å². The van der Waals surface area contributed by atoms with Crippen LogP contribution in [0.5, 0.6) is 0 Å². The zero-order chi connectivity index (χ0) is 22.5. The summed E-state index contributed by atoms with van der Waals surface area (Å²) in [7, 11) is 0. The average molecular weight is 449 g/mol. The predicted molar refractivity (Wildman–Crippen MR) is 126 cm³/mol. The quantitative estimate of drug-likeness (QED) is 0.274. The Kier molecular flexibility index (Phi) is 8.62. The minimum Gasteiger partial charge on any atom is -0.204 e. The lowest BCUT2D eigenvalue weighted by Crippen LogP contribution is -2.34. The third-order valence-electron chi connectivity index (χ3n) is 9.39. The van der Waals surface area contributed by atoms with Gasteiger partial charge in [-0.05, 0) is 111 Å². The van der Waals surface area contributed by atoms with Gasteiger partial charge in [-0.25, -0.2) is 13.2 Å². The predicted octanol–water partition coefficient (Wildman–Crippen LogP) is 9.57. The molecule has 3 fully saturated rings. The van der Waals surface area contributed by atoms with Crippen molar-refractivity contribution in [2.75, 3.05) is 0 Å². The van der Waals surface area contributed by atoms with Gasteiger partial charge in [0.25, 0.3) is 0 Å². The molecule has 0 amide bonds. The fourth-order valence-electron chi connectivity index (χ4n) is 7.48. The van der Waals surface area contributed by atoms with Crippen LogP contribution in [-0.2, 0) is 0 Å². The molecule has 0 bridgehead atoms. The Balaban J connectivity index is 1.21. The third kappa shape index (κ3) is 5.92. The van der Waals surface area contributed by atoms with E-state index >= 15 is 0 Å². The maximum atomic E-state index is 13.7. The van der Waals surface area contributed by atoms with Gasteiger partial charge in [0, 0.05) is 0 Å². The summed E-state index contributed by atoms with van der Waals surface area (Å²) in [6.45, 7) is 2.29. The van der Waals surface area contributed by atoms with Crippen LogP contribution in [0.4, 0.5) is 13.2 Å². The van der Waals surface area contributed by atoms with E-state index in [1.165, 1.54) is 89.2 Å². The normalized spacial score (nSPS) is 33.1. The van der Waals surface area contributed by atoms with E-state index in [2.05, 4.69) is 6.92 Å². The molecule has 0 heterocycles. The van der Waals surface area contributed by atoms with Gasteiger partial charge in [0.1, 0.15) is 0 Å². The van der Waals surface area contributed by atoms with Crippen LogP contribution in [0.3, 0.4) is 0 Å². The number of hydrogen-bond donors (Lipinski definition) is 0. The van der Waals surface area contributed by atoms with Crippen molar-refractivity contribution in [1.29, 1.82) is 0 Å². The third-order valence-corrected chi connectivity index (χ3v) is 9.39. The van der Waals surface area contributed by atoms with Gasteiger partial charge < -0.3 is 0 Å². The summed E-state index contributed by atoms with van der Waals surface area (Å²) >= 11 is 0. The van der Waals surface area contributed by atoms with E-state index in [1.807, 2.05) is 0 Å². The Bertz CT molecular complexity index is 698. The second-order valence-corrected chi connectivity index (χ2v) is 11.4. The molecule has 0 radical (unpaired) electrons. The van der Waals surface area contributed by atoms with Gasteiger partial charge in [0.2, 0.25) is 0 Å². The van der Waals surface area contributed by atoms with Gasteiger partial charge in [0.05, 0.1) is 0 Å². The second kappa shape index (κ2) is 11.4. The highest BCUT2D eigenvalue weighted by molar-refractivity contribution is 5.23. The van der Waals surface area contributed by atoms with E-state index < -0.39 is 17.5 Å². The Labute approximate surface area is 193 Å². The molecule has 0 aromatic heterocycles. The van der Waals surface area contributed by atoms with Crippen molar-refractivity contribution >= 4 is 0 Å². The smallest absolute Gasteiger partial charge is 0.194 e. The Morgan fingerprint density at radius 2 is 1.22 bits per heavy atom. The average Bonchev–Trinajstić information content (AvgIpc) is 2.82. The minimum atomic E-state index is -1.34. The first-order valence-electron chi connectivity index (χ1n) is 13.7. The lowest BCUT2D eigenvalue weighted by molar-refractivity contribution is 0.0613. The first-order chi connectivity index (χ1) is 15.5. The number of hydrogen-bond acceptors (Lipinski definition) is 0. The molecule has 4 rings (SSSR count). The lowest BCUT2D eigenvalue weighted by atomic mass is 9.60. The van der Waals surface area contributed by atoms with Crippen molar-refractivity contribution in [1.82, 2.24) is 0 Å². The summed E-state index contributed by atoms with van der Waals surface area (Å²) in [6, 6.07) is 2.44. The van der Waals surface area contributed by atoms with Gasteiger partial charge in [-0.15, -0.1) is 0 Å². The van der Waals surface area contributed by atoms with Crippen LogP contribution in [0.15, 0.2) is 12.1 Å². The topological polar surface area (TPSA) is 0 Å². The van der Waals surface area contributed by atoms with Crippen LogP contribution in [0.1, 0.15) is 121 Å². The highest BCUT2D eigenvalue weighted by atomic mass is 19.2. The summed E-state index contributed by atoms with van der Waals surface area (Å²) < 4.78 is 40.6. The van der Waals surface area contributed by atoms with E-state index in [0.717, 1.165) is 55.3 Å². The molecular formula is C29H43F3. The lowest BCUT2D eigenvalue weighted by Gasteiger charge is -2.45. The van der Waals surface area contributed by atoms with Gasteiger partial charge in [-0.1, -0.05) is 51.9 Å². The van der Waals surface area contributed by atoms with Crippen LogP contribution >= 0.6 is 0 Å². The second-order valence-electron chi connectivity index (χ2n) is 11.4. The van der Waals surface area contributed by atoms with Crippen molar-refractivity contribution in [2.24, 2.45) is 29.6 Å². The maximum Gasteiger partial charge on any atom is 0.194 e. The van der Waals surface area contributed by atoms with Crippen molar-refractivity contribution in [3.8, 4) is 0 Å². The van der Waals surface area contributed by atoms with Crippen LogP contribution in [0, 0.1) is 47.0 Å². The molecule has 0 saturated heterocycles. The van der Waals surface area contributed by atoms with E-state index in [9.17, 15) is 13.2 Å². The molecule has 4 unspecified atom stereocenters. The van der Waals surface area contributed by atoms with E-state index in [4.69, 9.17) is 0 Å². The highest BCUT2D eigenvalue weighted by Gasteiger charge is 2.38. The zero-order valence-corrected chi connectivity index (χ0v) is 20.1. The summed E-state index contributed by atoms with van der Waals surface area (Å²) in [6.07, 6.45) is 21.4. The van der Waals surface area contributed by atoms with Crippen LogP contribution < -0.4 is 0 Å². The summed E-state index contributed by atoms with van der Waals surface area (Å²) in [5, 5.41) is 0. The van der Waals surface area contributed by atoms with Crippen molar-refractivity contribution < 1.29 is 13.2 Å². The molecule has 0 aliphatic heterocycles. The molecule has 3 heteroatoms. The first kappa shape index (κ1) is 24.1. The summed E-state index contributed by atoms with van der Waals surface area (Å²) in [5.41, 5.74) is 0.650. The van der Waals surface area contributed by atoms with Gasteiger partial charge in [0.15, 0.2) is 17.5 Å². The summed E-state index contributed by atoms with van der Waals surface area (Å²) in [4.78, 5) is 0. The standard InChI is InChI=1S/C29H43F3/c1-2-3-4-5-6-7-20-8-9-25-17-24(15-14-23(25)16-20)21-10-12-22(13-11-21)26-18-27(30)29(32)28(31)19-26/h18-25H,2-17H2,1H3. The molecule has 1 aromatic rings. The Hall–Kier alpha value is -0.990. The molecule has 3 saturated carbocycles. The van der Waals surface area contributed by atoms with E-state index in [-0.39, 0.29) is 5.92 Å². The summed E-state index contributed by atoms with van der Waals surface area (Å²) in [5.74, 6) is 1.29. The number of benzene rings is 1. The van der Waals surface area contributed by atoms with Gasteiger partial charge in [-0.3, -0.25) is 0 Å². The Morgan fingerprint density at radius 3 is 1.91 bits per heavy atom. The van der Waals surface area contributed by atoms with Crippen LogP contribution in [0.25, 0.3) is 0 Å². The van der Waals surface area contributed by atoms with Gasteiger partial charge in [-0.2, -0.15) is 0 Å². The van der Waals surface area contributed by atoms with Crippen molar-refractivity contribution in [3.05, 3.63) is 35.1 Å². The van der Waals surface area contributed by atoms with Gasteiger partial charge >= 0.3 is 0 Å². The number of rotatable bonds is 8. The molecule has 3 aliphatic rings. The molecule has 0 N–H and O–H groups in total. The SMILES string of the molecule is CCCCCCCC1CCC2CC(C3CCC(c4cc(F)c(F)c(F)c4)CC3)CCC2C1. The minimum absolute atomic E-state index is 0.181. The first-order valence-corrected chi connectivity index (χ1v) is 13.7.